The minimum atomic E-state index is -1.48. The van der Waals surface area contributed by atoms with E-state index < -0.39 is 11.6 Å². The van der Waals surface area contributed by atoms with Gasteiger partial charge in [0, 0.05) is 19.8 Å². The van der Waals surface area contributed by atoms with Crippen LogP contribution >= 0.6 is 0 Å². The normalized spacial score (nSPS) is 14.4. The SMILES string of the molecule is COC(=O)C(C)(O)CNCCc1cnn(C)c1. The fourth-order valence-corrected chi connectivity index (χ4v) is 1.46. The smallest absolute Gasteiger partial charge is 0.338 e. The summed E-state index contributed by atoms with van der Waals surface area (Å²) in [5.74, 6) is -0.633. The van der Waals surface area contributed by atoms with Crippen LogP contribution in [0.5, 0.6) is 0 Å². The van der Waals surface area contributed by atoms with Crippen molar-refractivity contribution in [3.8, 4) is 0 Å². The molecule has 96 valence electrons. The molecule has 6 heteroatoms. The number of nitrogens with one attached hydrogen (secondary N) is 1. The summed E-state index contributed by atoms with van der Waals surface area (Å²) in [4.78, 5) is 11.2. The predicted molar refractivity (Wildman–Crippen MR) is 62.4 cm³/mol. The molecule has 0 radical (unpaired) electrons. The number of esters is 1. The second-order valence-corrected chi connectivity index (χ2v) is 4.21. The third-order valence-electron chi connectivity index (χ3n) is 2.44. The van der Waals surface area contributed by atoms with Crippen molar-refractivity contribution in [2.24, 2.45) is 7.05 Å². The van der Waals surface area contributed by atoms with Gasteiger partial charge in [-0.3, -0.25) is 4.68 Å². The first-order chi connectivity index (χ1) is 7.95. The minimum absolute atomic E-state index is 0.167. The fourth-order valence-electron chi connectivity index (χ4n) is 1.46. The number of nitrogens with zero attached hydrogens (tertiary/aromatic N) is 2. The van der Waals surface area contributed by atoms with Crippen molar-refractivity contribution in [2.75, 3.05) is 20.2 Å². The van der Waals surface area contributed by atoms with Crippen LogP contribution in [0.1, 0.15) is 12.5 Å². The van der Waals surface area contributed by atoms with E-state index in [-0.39, 0.29) is 6.54 Å². The Kier molecular flexibility index (Phi) is 4.65. The van der Waals surface area contributed by atoms with E-state index in [4.69, 9.17) is 0 Å². The van der Waals surface area contributed by atoms with Gasteiger partial charge < -0.3 is 15.2 Å². The molecule has 6 nitrogen and oxygen atoms in total. The zero-order chi connectivity index (χ0) is 12.9. The first-order valence-electron chi connectivity index (χ1n) is 5.45. The summed E-state index contributed by atoms with van der Waals surface area (Å²) in [7, 11) is 3.12. The fraction of sp³-hybridized carbons (Fsp3) is 0.636. The Labute approximate surface area is 101 Å². The van der Waals surface area contributed by atoms with Crippen LogP contribution in [0.25, 0.3) is 0 Å². The number of aryl methyl sites for hydroxylation is 1. The highest BCUT2D eigenvalue weighted by Crippen LogP contribution is 2.03. The molecule has 17 heavy (non-hydrogen) atoms. The number of aromatic nitrogens is 2. The van der Waals surface area contributed by atoms with E-state index in [9.17, 15) is 9.90 Å². The molecule has 0 spiro atoms. The molecule has 1 rings (SSSR count). The van der Waals surface area contributed by atoms with Crippen LogP contribution in [0, 0.1) is 0 Å². The van der Waals surface area contributed by atoms with Gasteiger partial charge in [0.15, 0.2) is 5.60 Å². The van der Waals surface area contributed by atoms with E-state index in [2.05, 4.69) is 15.2 Å². The summed E-state index contributed by atoms with van der Waals surface area (Å²) in [5, 5.41) is 16.8. The Bertz CT molecular complexity index is 374. The molecule has 2 N–H and O–H groups in total. The lowest BCUT2D eigenvalue weighted by molar-refractivity contribution is -0.159. The molecule has 1 unspecified atom stereocenters. The van der Waals surface area contributed by atoms with Gasteiger partial charge in [-0.05, 0) is 25.5 Å². The molecule has 1 aromatic rings. The van der Waals surface area contributed by atoms with Crippen LogP contribution in [0.2, 0.25) is 0 Å². The molecule has 0 aromatic carbocycles. The van der Waals surface area contributed by atoms with Gasteiger partial charge in [0.1, 0.15) is 0 Å². The van der Waals surface area contributed by atoms with Gasteiger partial charge in [-0.1, -0.05) is 0 Å². The van der Waals surface area contributed by atoms with Crippen LogP contribution in [0.3, 0.4) is 0 Å². The van der Waals surface area contributed by atoms with Crippen molar-refractivity contribution in [2.45, 2.75) is 18.9 Å². The van der Waals surface area contributed by atoms with Crippen molar-refractivity contribution in [3.63, 3.8) is 0 Å². The van der Waals surface area contributed by atoms with Crippen LogP contribution in [0.4, 0.5) is 0 Å². The molecule has 0 bridgehead atoms. The molecule has 0 fully saturated rings. The van der Waals surface area contributed by atoms with Crippen molar-refractivity contribution < 1.29 is 14.6 Å². The number of hydrogen-bond donors (Lipinski definition) is 2. The third-order valence-corrected chi connectivity index (χ3v) is 2.44. The summed E-state index contributed by atoms with van der Waals surface area (Å²) in [6.07, 6.45) is 4.52. The van der Waals surface area contributed by atoms with E-state index in [0.29, 0.717) is 6.54 Å². The third kappa shape index (κ3) is 4.16. The average molecular weight is 241 g/mol. The number of methoxy groups -OCH3 is 1. The van der Waals surface area contributed by atoms with Gasteiger partial charge in [-0.2, -0.15) is 5.10 Å². The van der Waals surface area contributed by atoms with Crippen LogP contribution < -0.4 is 5.32 Å². The van der Waals surface area contributed by atoms with Crippen molar-refractivity contribution in [3.05, 3.63) is 18.0 Å². The number of ether oxygens (including phenoxy) is 1. The molecule has 0 aliphatic rings. The minimum Gasteiger partial charge on any atom is -0.467 e. The highest BCUT2D eigenvalue weighted by Gasteiger charge is 2.30. The van der Waals surface area contributed by atoms with Gasteiger partial charge in [0.25, 0.3) is 0 Å². The molecule has 0 saturated heterocycles. The Balaban J connectivity index is 2.26. The highest BCUT2D eigenvalue weighted by atomic mass is 16.5. The van der Waals surface area contributed by atoms with Gasteiger partial charge >= 0.3 is 5.97 Å². The van der Waals surface area contributed by atoms with Gasteiger partial charge in [-0.15, -0.1) is 0 Å². The maximum Gasteiger partial charge on any atom is 0.338 e. The van der Waals surface area contributed by atoms with Crippen LogP contribution in [-0.2, 0) is 23.0 Å². The maximum absolute atomic E-state index is 11.2. The number of aliphatic hydroxyl groups is 1. The summed E-state index contributed by atoms with van der Waals surface area (Å²) >= 11 is 0. The lowest BCUT2D eigenvalue weighted by atomic mass is 10.1. The molecule has 1 heterocycles. The lowest BCUT2D eigenvalue weighted by Crippen LogP contribution is -2.46. The van der Waals surface area contributed by atoms with E-state index in [1.54, 1.807) is 10.9 Å². The maximum atomic E-state index is 11.2. The molecule has 0 amide bonds. The van der Waals surface area contributed by atoms with Gasteiger partial charge in [0.2, 0.25) is 0 Å². The van der Waals surface area contributed by atoms with Crippen LogP contribution in [-0.4, -0.2) is 46.7 Å². The Morgan fingerprint density at radius 3 is 2.94 bits per heavy atom. The predicted octanol–water partition coefficient (Wildman–Crippen LogP) is -0.524. The molecule has 1 aromatic heterocycles. The van der Waals surface area contributed by atoms with Crippen molar-refractivity contribution in [1.82, 2.24) is 15.1 Å². The van der Waals surface area contributed by atoms with E-state index >= 15 is 0 Å². The summed E-state index contributed by atoms with van der Waals surface area (Å²) < 4.78 is 6.23. The summed E-state index contributed by atoms with van der Waals surface area (Å²) in [5.41, 5.74) is -0.373. The first-order valence-corrected chi connectivity index (χ1v) is 5.45. The molecule has 0 aliphatic carbocycles. The summed E-state index contributed by atoms with van der Waals surface area (Å²) in [6.45, 7) is 2.26. The van der Waals surface area contributed by atoms with E-state index in [0.717, 1.165) is 12.0 Å². The largest absolute Gasteiger partial charge is 0.467 e. The average Bonchev–Trinajstić information content (AvgIpc) is 2.69. The van der Waals surface area contributed by atoms with Crippen molar-refractivity contribution >= 4 is 5.97 Å². The zero-order valence-corrected chi connectivity index (χ0v) is 10.4. The Hall–Kier alpha value is -1.40. The Morgan fingerprint density at radius 2 is 2.41 bits per heavy atom. The molecule has 0 saturated carbocycles. The van der Waals surface area contributed by atoms with Gasteiger partial charge in [0.05, 0.1) is 13.3 Å². The van der Waals surface area contributed by atoms with Crippen molar-refractivity contribution in [1.29, 1.82) is 0 Å². The monoisotopic (exact) mass is 241 g/mol. The molecular weight excluding hydrogens is 222 g/mol. The number of carbonyl (C=O) groups is 1. The molecule has 0 aliphatic heterocycles. The second-order valence-electron chi connectivity index (χ2n) is 4.21. The van der Waals surface area contributed by atoms with E-state index in [1.165, 1.54) is 14.0 Å². The topological polar surface area (TPSA) is 76.4 Å². The quantitative estimate of drug-likeness (QED) is 0.517. The number of hydrogen-bond acceptors (Lipinski definition) is 5. The number of carbonyl (C=O) groups excluding carboxylic acids is 1. The second kappa shape index (κ2) is 5.79. The van der Waals surface area contributed by atoms with E-state index in [1.807, 2.05) is 13.2 Å². The lowest BCUT2D eigenvalue weighted by Gasteiger charge is -2.20. The molecular formula is C11H19N3O3. The standard InChI is InChI=1S/C11H19N3O3/c1-11(16,10(15)17-3)8-12-5-4-9-6-13-14(2)7-9/h6-7,12,16H,4-5,8H2,1-3H3. The molecule has 1 atom stereocenters. The van der Waals surface area contributed by atoms with Crippen LogP contribution in [0.15, 0.2) is 12.4 Å². The van der Waals surface area contributed by atoms with Gasteiger partial charge in [-0.25, -0.2) is 4.79 Å². The number of rotatable bonds is 6. The zero-order valence-electron chi connectivity index (χ0n) is 10.4. The highest BCUT2D eigenvalue weighted by molar-refractivity contribution is 5.78. The first kappa shape index (κ1) is 13.7. The summed E-state index contributed by atoms with van der Waals surface area (Å²) in [6, 6.07) is 0. The Morgan fingerprint density at radius 1 is 1.71 bits per heavy atom.